The molecule has 3 aliphatic heterocycles. The fraction of sp³-hybridized carbons (Fsp3) is 0.800. The van der Waals surface area contributed by atoms with Crippen molar-refractivity contribution in [2.75, 3.05) is 0 Å². The Morgan fingerprint density at radius 2 is 2.10 bits per heavy atom. The molecule has 0 unspecified atom stereocenters. The van der Waals surface area contributed by atoms with E-state index in [2.05, 4.69) is 6.58 Å². The van der Waals surface area contributed by atoms with Gasteiger partial charge >= 0.3 is 5.97 Å². The van der Waals surface area contributed by atoms with Crippen LogP contribution in [-0.4, -0.2) is 39.8 Å². The van der Waals surface area contributed by atoms with Gasteiger partial charge in [0, 0.05) is 24.3 Å². The Labute approximate surface area is 118 Å². The molecular weight excluding hydrogens is 260 g/mol. The summed E-state index contributed by atoms with van der Waals surface area (Å²) in [6.07, 6.45) is 0.928. The molecule has 3 heterocycles. The lowest BCUT2D eigenvalue weighted by Gasteiger charge is -2.33. The summed E-state index contributed by atoms with van der Waals surface area (Å²) in [4.78, 5) is 11.7. The molecule has 0 aromatic carbocycles. The highest BCUT2D eigenvalue weighted by Gasteiger charge is 2.55. The standard InChI is InChI=1S/C15H22O5/c1-8-6-11-12(9(2)13(17)19-11)10(16)7-14(3)4-5-15(8,18)20-14/h8,10-12,16,18H,2,4-7H2,1,3H3/t8-,10+,11+,12+,14+,15-/m0/s1. The number of hydrogen-bond donors (Lipinski definition) is 2. The second-order valence-corrected chi connectivity index (χ2v) is 6.80. The number of fused-ring (bicyclic) bond motifs is 3. The zero-order valence-electron chi connectivity index (χ0n) is 12.0. The fourth-order valence-electron chi connectivity index (χ4n) is 3.89. The zero-order chi connectivity index (χ0) is 14.7. The summed E-state index contributed by atoms with van der Waals surface area (Å²) in [6, 6.07) is 0. The highest BCUT2D eigenvalue weighted by molar-refractivity contribution is 5.91. The van der Waals surface area contributed by atoms with Gasteiger partial charge in [-0.05, 0) is 19.8 Å². The van der Waals surface area contributed by atoms with Crippen molar-refractivity contribution in [2.45, 2.75) is 63.1 Å². The van der Waals surface area contributed by atoms with E-state index in [1.54, 1.807) is 0 Å². The first kappa shape index (κ1) is 14.0. The van der Waals surface area contributed by atoms with Crippen LogP contribution in [0.1, 0.15) is 39.5 Å². The van der Waals surface area contributed by atoms with Gasteiger partial charge < -0.3 is 19.7 Å². The zero-order valence-corrected chi connectivity index (χ0v) is 12.0. The Morgan fingerprint density at radius 1 is 1.40 bits per heavy atom. The van der Waals surface area contributed by atoms with Crippen LogP contribution in [0.15, 0.2) is 12.2 Å². The third kappa shape index (κ3) is 2.00. The Bertz CT molecular complexity index is 461. The Balaban J connectivity index is 1.96. The van der Waals surface area contributed by atoms with E-state index in [1.165, 1.54) is 0 Å². The smallest absolute Gasteiger partial charge is 0.334 e. The van der Waals surface area contributed by atoms with Gasteiger partial charge in [0.25, 0.3) is 0 Å². The second-order valence-electron chi connectivity index (χ2n) is 6.80. The van der Waals surface area contributed by atoms with Crippen LogP contribution in [0.5, 0.6) is 0 Å². The predicted molar refractivity (Wildman–Crippen MR) is 70.6 cm³/mol. The molecule has 112 valence electrons. The maximum absolute atomic E-state index is 11.7. The lowest BCUT2D eigenvalue weighted by molar-refractivity contribution is -0.250. The number of esters is 1. The van der Waals surface area contributed by atoms with Crippen molar-refractivity contribution in [2.24, 2.45) is 11.8 Å². The van der Waals surface area contributed by atoms with E-state index in [0.717, 1.165) is 0 Å². The number of hydrogen-bond acceptors (Lipinski definition) is 5. The molecule has 0 aromatic rings. The summed E-state index contributed by atoms with van der Waals surface area (Å²) < 4.78 is 11.2. The maximum atomic E-state index is 11.7. The molecule has 3 fully saturated rings. The minimum atomic E-state index is -1.19. The molecular formula is C15H22O5. The van der Waals surface area contributed by atoms with Gasteiger partial charge in [-0.15, -0.1) is 0 Å². The molecule has 0 aliphatic carbocycles. The molecule has 0 saturated carbocycles. The van der Waals surface area contributed by atoms with Gasteiger partial charge in [0.2, 0.25) is 0 Å². The number of carbonyl (C=O) groups excluding carboxylic acids is 1. The molecule has 3 rings (SSSR count). The largest absolute Gasteiger partial charge is 0.458 e. The van der Waals surface area contributed by atoms with Crippen LogP contribution in [0, 0.1) is 11.8 Å². The lowest BCUT2D eigenvalue weighted by atomic mass is 9.79. The van der Waals surface area contributed by atoms with E-state index in [4.69, 9.17) is 9.47 Å². The van der Waals surface area contributed by atoms with Crippen molar-refractivity contribution >= 4 is 5.97 Å². The fourth-order valence-corrected chi connectivity index (χ4v) is 3.89. The van der Waals surface area contributed by atoms with Gasteiger partial charge in [0.15, 0.2) is 5.79 Å². The molecule has 0 amide bonds. The van der Waals surface area contributed by atoms with Crippen LogP contribution >= 0.6 is 0 Å². The molecule has 0 radical (unpaired) electrons. The van der Waals surface area contributed by atoms with Crippen molar-refractivity contribution in [3.8, 4) is 0 Å². The van der Waals surface area contributed by atoms with Crippen molar-refractivity contribution in [3.63, 3.8) is 0 Å². The number of ether oxygens (including phenoxy) is 2. The van der Waals surface area contributed by atoms with Gasteiger partial charge in [-0.1, -0.05) is 13.5 Å². The lowest BCUT2D eigenvalue weighted by Crippen LogP contribution is -2.40. The maximum Gasteiger partial charge on any atom is 0.334 e. The van der Waals surface area contributed by atoms with Crippen molar-refractivity contribution in [3.05, 3.63) is 12.2 Å². The van der Waals surface area contributed by atoms with Crippen LogP contribution in [-0.2, 0) is 14.3 Å². The molecule has 0 aromatic heterocycles. The van der Waals surface area contributed by atoms with Gasteiger partial charge in [-0.3, -0.25) is 0 Å². The summed E-state index contributed by atoms with van der Waals surface area (Å²) >= 11 is 0. The first-order valence-electron chi connectivity index (χ1n) is 7.24. The number of rotatable bonds is 0. The van der Waals surface area contributed by atoms with Gasteiger partial charge in [-0.2, -0.15) is 0 Å². The van der Waals surface area contributed by atoms with Crippen LogP contribution < -0.4 is 0 Å². The van der Waals surface area contributed by atoms with Crippen molar-refractivity contribution in [1.29, 1.82) is 0 Å². The number of aliphatic hydroxyl groups is 2. The van der Waals surface area contributed by atoms with Gasteiger partial charge in [0.05, 0.1) is 17.6 Å². The molecule has 20 heavy (non-hydrogen) atoms. The van der Waals surface area contributed by atoms with Crippen molar-refractivity contribution < 1.29 is 24.5 Å². The topological polar surface area (TPSA) is 76.0 Å². The van der Waals surface area contributed by atoms with E-state index < -0.39 is 35.5 Å². The van der Waals surface area contributed by atoms with Crippen molar-refractivity contribution in [1.82, 2.24) is 0 Å². The van der Waals surface area contributed by atoms with Gasteiger partial charge in [0.1, 0.15) is 6.10 Å². The molecule has 0 spiro atoms. The minimum absolute atomic E-state index is 0.166. The van der Waals surface area contributed by atoms with E-state index in [9.17, 15) is 15.0 Å². The second kappa shape index (κ2) is 4.29. The Hall–Kier alpha value is -0.910. The molecule has 3 aliphatic rings. The molecule has 6 atom stereocenters. The van der Waals surface area contributed by atoms with E-state index >= 15 is 0 Å². The summed E-state index contributed by atoms with van der Waals surface area (Å²) in [7, 11) is 0. The summed E-state index contributed by atoms with van der Waals surface area (Å²) in [5.74, 6) is -2.19. The van der Waals surface area contributed by atoms with Crippen LogP contribution in [0.25, 0.3) is 0 Å². The highest BCUT2D eigenvalue weighted by Crippen LogP contribution is 2.48. The first-order valence-corrected chi connectivity index (χ1v) is 7.24. The third-order valence-corrected chi connectivity index (χ3v) is 5.17. The normalized spacial score (nSPS) is 52.0. The van der Waals surface area contributed by atoms with E-state index in [-0.39, 0.29) is 5.92 Å². The molecule has 2 N–H and O–H groups in total. The molecule has 5 nitrogen and oxygen atoms in total. The highest BCUT2D eigenvalue weighted by atomic mass is 16.6. The SMILES string of the molecule is C=C1C(=O)O[C@@H]2C[C@H](C)[C@]3(O)CC[C@](C)(C[C@@H](O)[C@@H]12)O3. The van der Waals surface area contributed by atoms with E-state index in [1.807, 2.05) is 13.8 Å². The minimum Gasteiger partial charge on any atom is -0.458 e. The monoisotopic (exact) mass is 282 g/mol. The average molecular weight is 282 g/mol. The summed E-state index contributed by atoms with van der Waals surface area (Å²) in [5, 5.41) is 21.2. The average Bonchev–Trinajstić information content (AvgIpc) is 2.79. The Morgan fingerprint density at radius 3 is 2.80 bits per heavy atom. The summed E-state index contributed by atoms with van der Waals surface area (Å²) in [6.45, 7) is 7.56. The number of carbonyl (C=O) groups is 1. The molecule has 2 bridgehead atoms. The predicted octanol–water partition coefficient (Wildman–Crippen LogP) is 1.13. The van der Waals surface area contributed by atoms with E-state index in [0.29, 0.717) is 31.3 Å². The van der Waals surface area contributed by atoms with Crippen LogP contribution in [0.3, 0.4) is 0 Å². The summed E-state index contributed by atoms with van der Waals surface area (Å²) in [5.41, 5.74) is -0.230. The molecule has 3 saturated heterocycles. The van der Waals surface area contributed by atoms with Gasteiger partial charge in [-0.25, -0.2) is 4.79 Å². The van der Waals surface area contributed by atoms with Crippen LogP contribution in [0.2, 0.25) is 0 Å². The molecule has 5 heteroatoms. The first-order chi connectivity index (χ1) is 9.24. The third-order valence-electron chi connectivity index (χ3n) is 5.17. The number of aliphatic hydroxyl groups excluding tert-OH is 1. The quantitative estimate of drug-likeness (QED) is 0.514. The Kier molecular flexibility index (Phi) is 3.01. The van der Waals surface area contributed by atoms with Crippen LogP contribution in [0.4, 0.5) is 0 Å².